The lowest BCUT2D eigenvalue weighted by atomic mass is 9.49. The van der Waals surface area contributed by atoms with Gasteiger partial charge in [-0.15, -0.1) is 0 Å². The molecule has 1 radical (unpaired) electrons. The Kier molecular flexibility index (Phi) is 3.59. The number of hydrogen-bond donors (Lipinski definition) is 1. The zero-order valence-corrected chi connectivity index (χ0v) is 13.3. The highest BCUT2D eigenvalue weighted by Crippen LogP contribution is 2.60. The van der Waals surface area contributed by atoms with Crippen molar-refractivity contribution >= 4 is 24.0 Å². The summed E-state index contributed by atoms with van der Waals surface area (Å²) in [4.78, 5) is 23.5. The Morgan fingerprint density at radius 2 is 1.70 bits per heavy atom. The number of rotatable bonds is 4. The number of nitrogens with one attached hydrogen (secondary N) is 1. The molecule has 0 aromatic heterocycles. The van der Waals surface area contributed by atoms with E-state index in [4.69, 9.17) is 0 Å². The van der Waals surface area contributed by atoms with Gasteiger partial charge in [0.15, 0.2) is 0 Å². The van der Waals surface area contributed by atoms with Crippen LogP contribution in [0.2, 0.25) is 0 Å². The summed E-state index contributed by atoms with van der Waals surface area (Å²) in [6.07, 6.45) is 12.0. The van der Waals surface area contributed by atoms with Gasteiger partial charge >= 0.3 is 0 Å². The minimum Gasteiger partial charge on any atom is -0.325 e. The van der Waals surface area contributed by atoms with Crippen molar-refractivity contribution in [2.24, 2.45) is 23.2 Å². The van der Waals surface area contributed by atoms with Gasteiger partial charge in [0.1, 0.15) is 0 Å². The number of amides is 1. The number of para-hydroxylation sites is 1. The first kappa shape index (κ1) is 14.7. The molecule has 4 bridgehead atoms. The molecule has 4 saturated carbocycles. The molecule has 1 aromatic rings. The molecule has 3 nitrogen and oxygen atoms in total. The van der Waals surface area contributed by atoms with Crippen molar-refractivity contribution in [3.63, 3.8) is 0 Å². The van der Waals surface area contributed by atoms with Crippen molar-refractivity contribution in [3.8, 4) is 0 Å². The Hall–Kier alpha value is -1.90. The van der Waals surface area contributed by atoms with Gasteiger partial charge in [-0.3, -0.25) is 9.59 Å². The van der Waals surface area contributed by atoms with Gasteiger partial charge in [0, 0.05) is 5.69 Å². The second kappa shape index (κ2) is 5.63. The van der Waals surface area contributed by atoms with E-state index in [2.05, 4.69) is 5.32 Å². The van der Waals surface area contributed by atoms with E-state index < -0.39 is 0 Å². The first-order chi connectivity index (χ1) is 11.2. The van der Waals surface area contributed by atoms with Gasteiger partial charge in [-0.1, -0.05) is 18.2 Å². The quantitative estimate of drug-likeness (QED) is 0.856. The summed E-state index contributed by atoms with van der Waals surface area (Å²) in [6, 6.07) is 7.63. The number of carbonyl (C=O) groups is 1. The Labute approximate surface area is 137 Å². The van der Waals surface area contributed by atoms with Crippen LogP contribution in [-0.2, 0) is 9.59 Å². The Morgan fingerprint density at radius 3 is 2.30 bits per heavy atom. The maximum atomic E-state index is 13.1. The second-order valence-corrected chi connectivity index (χ2v) is 7.69. The number of carbonyl (C=O) groups excluding carboxylic acids is 2. The van der Waals surface area contributed by atoms with Crippen LogP contribution in [0.4, 0.5) is 5.69 Å². The van der Waals surface area contributed by atoms with Gasteiger partial charge in [-0.2, -0.15) is 0 Å². The zero-order valence-electron chi connectivity index (χ0n) is 13.3. The van der Waals surface area contributed by atoms with Crippen LogP contribution in [-0.4, -0.2) is 12.2 Å². The van der Waals surface area contributed by atoms with Gasteiger partial charge in [0.2, 0.25) is 12.2 Å². The van der Waals surface area contributed by atoms with E-state index in [1.165, 1.54) is 25.3 Å². The summed E-state index contributed by atoms with van der Waals surface area (Å²) in [5.74, 6) is 2.46. The molecule has 1 amide bonds. The molecular weight excluding hydrogens is 286 g/mol. The maximum absolute atomic E-state index is 13.1. The molecule has 4 aliphatic carbocycles. The smallest absolute Gasteiger partial charge is 0.230 e. The predicted octanol–water partition coefficient (Wildman–Crippen LogP) is 3.96. The average molecular weight is 308 g/mol. The first-order valence-corrected chi connectivity index (χ1v) is 8.63. The number of hydrogen-bond acceptors (Lipinski definition) is 2. The zero-order chi connectivity index (χ0) is 15.9. The highest BCUT2D eigenvalue weighted by atomic mass is 16.2. The standard InChI is InChI=1S/C20H22NO2/c22-7-3-5-17-4-1-2-6-18(17)21-19(23)20-11-14-8-15(12-20)10-16(9-14)13-20/h1-6,14-16H,8-13H2,(H,21,23)/b5-3+. The molecule has 1 N–H and O–H groups in total. The van der Waals surface area contributed by atoms with Crippen molar-refractivity contribution in [1.29, 1.82) is 0 Å². The summed E-state index contributed by atoms with van der Waals surface area (Å²) in [5.41, 5.74) is 1.50. The maximum Gasteiger partial charge on any atom is 0.230 e. The number of allylic oxidation sites excluding steroid dienone is 1. The summed E-state index contributed by atoms with van der Waals surface area (Å²) in [6.45, 7) is 0. The third-order valence-electron chi connectivity index (χ3n) is 6.06. The fourth-order valence-corrected chi connectivity index (χ4v) is 5.52. The highest BCUT2D eigenvalue weighted by molar-refractivity contribution is 5.97. The van der Waals surface area contributed by atoms with Gasteiger partial charge in [0.05, 0.1) is 5.41 Å². The fourth-order valence-electron chi connectivity index (χ4n) is 5.52. The number of anilines is 1. The molecule has 0 heterocycles. The molecule has 5 rings (SSSR count). The summed E-state index contributed by atoms with van der Waals surface area (Å²) in [7, 11) is 0. The van der Waals surface area contributed by atoms with Crippen LogP contribution in [0.1, 0.15) is 44.1 Å². The normalized spacial score (nSPS) is 34.7. The number of benzene rings is 1. The molecule has 4 aliphatic rings. The third-order valence-corrected chi connectivity index (χ3v) is 6.06. The minimum atomic E-state index is -0.150. The minimum absolute atomic E-state index is 0.150. The molecule has 4 fully saturated rings. The molecule has 0 aliphatic heterocycles. The third kappa shape index (κ3) is 2.62. The SMILES string of the molecule is O=[C]/C=C/c1ccccc1NC(=O)C12CC3CC(CC(C3)C1)C2. The Bertz CT molecular complexity index is 626. The molecule has 0 spiro atoms. The van der Waals surface area contributed by atoms with E-state index in [0.29, 0.717) is 0 Å². The van der Waals surface area contributed by atoms with Gasteiger partial charge in [-0.05, 0) is 80.1 Å². The summed E-state index contributed by atoms with van der Waals surface area (Å²) < 4.78 is 0. The van der Waals surface area contributed by atoms with Crippen molar-refractivity contribution < 1.29 is 9.59 Å². The lowest BCUT2D eigenvalue weighted by Crippen LogP contribution is -2.51. The van der Waals surface area contributed by atoms with E-state index in [9.17, 15) is 9.59 Å². The van der Waals surface area contributed by atoms with E-state index in [-0.39, 0.29) is 11.3 Å². The van der Waals surface area contributed by atoms with E-state index in [1.54, 1.807) is 12.4 Å². The van der Waals surface area contributed by atoms with Gasteiger partial charge in [0.25, 0.3) is 0 Å². The van der Waals surface area contributed by atoms with Gasteiger partial charge in [-0.25, -0.2) is 0 Å². The first-order valence-electron chi connectivity index (χ1n) is 8.63. The van der Waals surface area contributed by atoms with Gasteiger partial charge < -0.3 is 5.32 Å². The lowest BCUT2D eigenvalue weighted by Gasteiger charge is -2.55. The van der Waals surface area contributed by atoms with Crippen molar-refractivity contribution in [3.05, 3.63) is 35.9 Å². The van der Waals surface area contributed by atoms with Crippen molar-refractivity contribution in [1.82, 2.24) is 0 Å². The monoisotopic (exact) mass is 308 g/mol. The molecule has 23 heavy (non-hydrogen) atoms. The molecule has 3 heteroatoms. The molecule has 0 atom stereocenters. The molecule has 119 valence electrons. The van der Waals surface area contributed by atoms with E-state index >= 15 is 0 Å². The van der Waals surface area contributed by atoms with E-state index in [0.717, 1.165) is 48.3 Å². The van der Waals surface area contributed by atoms with E-state index in [1.807, 2.05) is 24.3 Å². The Balaban J connectivity index is 1.57. The predicted molar refractivity (Wildman–Crippen MR) is 90.4 cm³/mol. The Morgan fingerprint density at radius 1 is 1.09 bits per heavy atom. The fraction of sp³-hybridized carbons (Fsp3) is 0.500. The molecular formula is C20H22NO2. The summed E-state index contributed by atoms with van der Waals surface area (Å²) >= 11 is 0. The molecule has 1 aromatic carbocycles. The van der Waals surface area contributed by atoms with Crippen molar-refractivity contribution in [2.45, 2.75) is 38.5 Å². The second-order valence-electron chi connectivity index (χ2n) is 7.69. The van der Waals surface area contributed by atoms with Crippen LogP contribution >= 0.6 is 0 Å². The largest absolute Gasteiger partial charge is 0.325 e. The molecule has 0 unspecified atom stereocenters. The lowest BCUT2D eigenvalue weighted by molar-refractivity contribution is -0.140. The van der Waals surface area contributed by atoms with Crippen LogP contribution in [0.5, 0.6) is 0 Å². The highest BCUT2D eigenvalue weighted by Gasteiger charge is 2.54. The topological polar surface area (TPSA) is 46.2 Å². The average Bonchev–Trinajstić information content (AvgIpc) is 2.53. The molecule has 0 saturated heterocycles. The van der Waals surface area contributed by atoms with Crippen LogP contribution in [0.25, 0.3) is 6.08 Å². The van der Waals surface area contributed by atoms with Crippen LogP contribution in [0.3, 0.4) is 0 Å². The van der Waals surface area contributed by atoms with Crippen molar-refractivity contribution in [2.75, 3.05) is 5.32 Å². The van der Waals surface area contributed by atoms with Crippen LogP contribution in [0, 0.1) is 23.2 Å². The van der Waals surface area contributed by atoms with Crippen LogP contribution in [0.15, 0.2) is 30.3 Å². The summed E-state index contributed by atoms with van der Waals surface area (Å²) in [5, 5.41) is 3.16. The van der Waals surface area contributed by atoms with Crippen LogP contribution < -0.4 is 5.32 Å².